The summed E-state index contributed by atoms with van der Waals surface area (Å²) in [6.07, 6.45) is 11.8. The van der Waals surface area contributed by atoms with E-state index < -0.39 is 0 Å². The van der Waals surface area contributed by atoms with Gasteiger partial charge in [0.1, 0.15) is 0 Å². The van der Waals surface area contributed by atoms with Gasteiger partial charge < -0.3 is 0 Å². The molecule has 2 aromatic carbocycles. The van der Waals surface area contributed by atoms with Crippen LogP contribution in [0.4, 0.5) is 0 Å². The van der Waals surface area contributed by atoms with Crippen LogP contribution < -0.4 is 0 Å². The van der Waals surface area contributed by atoms with E-state index in [2.05, 4.69) is 74.5 Å². The van der Waals surface area contributed by atoms with Crippen LogP contribution in [-0.4, -0.2) is 37.7 Å². The van der Waals surface area contributed by atoms with Crippen LogP contribution in [-0.2, 0) is 0 Å². The van der Waals surface area contributed by atoms with Gasteiger partial charge in [0.05, 0.1) is 0 Å². The SMILES string of the molecule is Cc1ccc2c(c1)C=CC2CCC1C=Cc2cc(C)ccc21.[LiH].[LiH]. The molecule has 2 heteroatoms. The Morgan fingerprint density at radius 1 is 0.667 bits per heavy atom. The van der Waals surface area contributed by atoms with Gasteiger partial charge in [0.2, 0.25) is 0 Å². The molecule has 2 aliphatic rings. The fourth-order valence-corrected chi connectivity index (χ4v) is 3.86. The van der Waals surface area contributed by atoms with Crippen molar-refractivity contribution in [1.29, 1.82) is 0 Å². The number of hydrogen-bond acceptors (Lipinski definition) is 0. The average Bonchev–Trinajstić information content (AvgIpc) is 3.08. The van der Waals surface area contributed by atoms with Crippen LogP contribution in [0.1, 0.15) is 58.1 Å². The molecule has 2 aromatic rings. The summed E-state index contributed by atoms with van der Waals surface area (Å²) < 4.78 is 0. The predicted molar refractivity (Wildman–Crippen MR) is 109 cm³/mol. The van der Waals surface area contributed by atoms with Crippen LogP contribution in [0.2, 0.25) is 0 Å². The fraction of sp³-hybridized carbons (Fsp3) is 0.273. The number of rotatable bonds is 3. The van der Waals surface area contributed by atoms with E-state index in [0.717, 1.165) is 0 Å². The Morgan fingerprint density at radius 3 is 1.50 bits per heavy atom. The summed E-state index contributed by atoms with van der Waals surface area (Å²) in [6.45, 7) is 4.34. The Morgan fingerprint density at radius 2 is 1.08 bits per heavy atom. The summed E-state index contributed by atoms with van der Waals surface area (Å²) in [5.74, 6) is 1.19. The van der Waals surface area contributed by atoms with E-state index in [0.29, 0.717) is 11.8 Å². The molecule has 2 atom stereocenters. The minimum atomic E-state index is 0. The molecule has 0 saturated carbocycles. The van der Waals surface area contributed by atoms with Crippen LogP contribution in [0.15, 0.2) is 48.6 Å². The molecule has 0 nitrogen and oxygen atoms in total. The molecule has 0 amide bonds. The zero-order valence-corrected chi connectivity index (χ0v) is 13.3. The Balaban J connectivity index is 0.00000104. The fourth-order valence-electron chi connectivity index (χ4n) is 3.86. The van der Waals surface area contributed by atoms with Crippen LogP contribution in [0.5, 0.6) is 0 Å². The van der Waals surface area contributed by atoms with Gasteiger partial charge in [-0.25, -0.2) is 0 Å². The number of fused-ring (bicyclic) bond motifs is 2. The zero-order chi connectivity index (χ0) is 15.1. The van der Waals surface area contributed by atoms with E-state index in [1.54, 1.807) is 0 Å². The van der Waals surface area contributed by atoms with E-state index in [9.17, 15) is 0 Å². The summed E-state index contributed by atoms with van der Waals surface area (Å²) in [7, 11) is 0. The van der Waals surface area contributed by atoms with Crippen molar-refractivity contribution >= 4 is 49.9 Å². The van der Waals surface area contributed by atoms with Crippen molar-refractivity contribution < 1.29 is 0 Å². The van der Waals surface area contributed by atoms with Crippen molar-refractivity contribution in [1.82, 2.24) is 0 Å². The van der Waals surface area contributed by atoms with Crippen molar-refractivity contribution in [3.8, 4) is 0 Å². The second-order valence-electron chi connectivity index (χ2n) is 6.77. The molecule has 0 radical (unpaired) electrons. The summed E-state index contributed by atoms with van der Waals surface area (Å²) in [6, 6.07) is 13.7. The summed E-state index contributed by atoms with van der Waals surface area (Å²) in [5, 5.41) is 0. The van der Waals surface area contributed by atoms with Crippen molar-refractivity contribution in [3.63, 3.8) is 0 Å². The van der Waals surface area contributed by atoms with Gasteiger partial charge in [-0.2, -0.15) is 0 Å². The Labute approximate surface area is 169 Å². The number of allylic oxidation sites excluding steroid dienone is 2. The van der Waals surface area contributed by atoms with E-state index in [1.807, 2.05) is 0 Å². The molecule has 0 saturated heterocycles. The molecule has 24 heavy (non-hydrogen) atoms. The minimum absolute atomic E-state index is 0. The molecule has 0 spiro atoms. The van der Waals surface area contributed by atoms with Crippen LogP contribution >= 0.6 is 0 Å². The number of hydrogen-bond donors (Lipinski definition) is 0. The molecule has 0 fully saturated rings. The molecule has 2 aliphatic carbocycles. The maximum atomic E-state index is 2.39. The Kier molecular flexibility index (Phi) is 6.48. The van der Waals surface area contributed by atoms with Crippen LogP contribution in [0.25, 0.3) is 12.2 Å². The van der Waals surface area contributed by atoms with Crippen molar-refractivity contribution in [2.75, 3.05) is 0 Å². The first-order valence-corrected chi connectivity index (χ1v) is 8.28. The Hall–Kier alpha value is -0.885. The van der Waals surface area contributed by atoms with Gasteiger partial charge in [0, 0.05) is 11.8 Å². The first kappa shape index (κ1) is 19.4. The summed E-state index contributed by atoms with van der Waals surface area (Å²) in [4.78, 5) is 0. The van der Waals surface area contributed by atoms with Crippen molar-refractivity contribution in [2.24, 2.45) is 0 Å². The predicted octanol–water partition coefficient (Wildman–Crippen LogP) is 4.71. The second-order valence-corrected chi connectivity index (χ2v) is 6.77. The van der Waals surface area contributed by atoms with E-state index in [4.69, 9.17) is 0 Å². The van der Waals surface area contributed by atoms with Gasteiger partial charge in [-0.05, 0) is 48.9 Å². The molecular weight excluding hydrogens is 278 g/mol. The normalized spacial score (nSPS) is 19.4. The summed E-state index contributed by atoms with van der Waals surface area (Å²) >= 11 is 0. The van der Waals surface area contributed by atoms with Gasteiger partial charge in [-0.1, -0.05) is 71.8 Å². The van der Waals surface area contributed by atoms with Gasteiger partial charge >= 0.3 is 37.7 Å². The third-order valence-corrected chi connectivity index (χ3v) is 5.09. The van der Waals surface area contributed by atoms with Crippen molar-refractivity contribution in [3.05, 3.63) is 81.9 Å². The first-order chi connectivity index (χ1) is 10.7. The molecule has 114 valence electrons. The van der Waals surface area contributed by atoms with E-state index in [1.165, 1.54) is 46.2 Å². The quantitative estimate of drug-likeness (QED) is 0.720. The second kappa shape index (κ2) is 8.00. The molecule has 0 bridgehead atoms. The van der Waals surface area contributed by atoms with Crippen LogP contribution in [0.3, 0.4) is 0 Å². The van der Waals surface area contributed by atoms with E-state index >= 15 is 0 Å². The van der Waals surface area contributed by atoms with Gasteiger partial charge in [-0.15, -0.1) is 0 Å². The molecule has 2 unspecified atom stereocenters. The zero-order valence-electron chi connectivity index (χ0n) is 13.3. The standard InChI is InChI=1S/C22H22.2Li.2H/c1-15-3-11-21-17(7-9-19(21)13-15)5-6-18-8-10-20-14-16(2)4-12-22(18)20;;;;/h3-4,7-14,17-18H,5-6H2,1-2H3;;;;. The van der Waals surface area contributed by atoms with Crippen LogP contribution in [0, 0.1) is 13.8 Å². The Bertz CT molecular complexity index is 719. The molecule has 4 rings (SSSR count). The van der Waals surface area contributed by atoms with Crippen molar-refractivity contribution in [2.45, 2.75) is 38.5 Å². The number of aryl methyl sites for hydroxylation is 2. The average molecular weight is 302 g/mol. The third-order valence-electron chi connectivity index (χ3n) is 5.09. The van der Waals surface area contributed by atoms with E-state index in [-0.39, 0.29) is 37.7 Å². The molecule has 0 heterocycles. The molecular formula is C22H24Li2. The maximum absolute atomic E-state index is 2.39. The topological polar surface area (TPSA) is 0 Å². The number of benzene rings is 2. The molecule has 0 aliphatic heterocycles. The van der Waals surface area contributed by atoms with Gasteiger partial charge in [0.25, 0.3) is 0 Å². The first-order valence-electron chi connectivity index (χ1n) is 8.28. The monoisotopic (exact) mass is 302 g/mol. The molecule has 0 aromatic heterocycles. The summed E-state index contributed by atoms with van der Waals surface area (Å²) in [5.41, 5.74) is 8.57. The molecule has 0 N–H and O–H groups in total. The van der Waals surface area contributed by atoms with Gasteiger partial charge in [0.15, 0.2) is 0 Å². The van der Waals surface area contributed by atoms with Gasteiger partial charge in [-0.3, -0.25) is 0 Å². The third kappa shape index (κ3) is 3.69.